The van der Waals surface area contributed by atoms with Crippen LogP contribution in [0.5, 0.6) is 0 Å². The minimum Gasteiger partial charge on any atom is -0.339 e. The van der Waals surface area contributed by atoms with E-state index < -0.39 is 6.04 Å². The summed E-state index contributed by atoms with van der Waals surface area (Å²) < 4.78 is 4.58. The van der Waals surface area contributed by atoms with Crippen LogP contribution in [0.3, 0.4) is 0 Å². The molecule has 1 aromatic rings. The highest BCUT2D eigenvalue weighted by atomic mass is 16.6. The van der Waals surface area contributed by atoms with Crippen LogP contribution >= 0.6 is 0 Å². The molecule has 0 bridgehead atoms. The first-order chi connectivity index (χ1) is 8.18. The van der Waals surface area contributed by atoms with Gasteiger partial charge in [0, 0.05) is 32.6 Å². The van der Waals surface area contributed by atoms with Crippen LogP contribution in [0.1, 0.15) is 11.4 Å². The number of hydrogen-bond donors (Lipinski definition) is 2. The lowest BCUT2D eigenvalue weighted by molar-refractivity contribution is -0.133. The maximum absolute atomic E-state index is 12.0. The zero-order valence-electron chi connectivity index (χ0n) is 9.85. The molecule has 7 heteroatoms. The monoisotopic (exact) mass is 239 g/mol. The van der Waals surface area contributed by atoms with E-state index in [-0.39, 0.29) is 5.91 Å². The molecular weight excluding hydrogens is 222 g/mol. The van der Waals surface area contributed by atoms with Gasteiger partial charge in [-0.1, -0.05) is 10.3 Å². The molecule has 3 N–H and O–H groups in total. The summed E-state index contributed by atoms with van der Waals surface area (Å²) in [5.74, 6) is -0.0334. The first-order valence-electron chi connectivity index (χ1n) is 5.71. The lowest BCUT2D eigenvalue weighted by Gasteiger charge is -2.29. The standard InChI is InChI=1S/C10H17N5O2/c1-7-9(14-17-13-7)6-8(11)10(16)15-4-2-12-3-5-15/h8,12H,2-6,11H2,1H3. The van der Waals surface area contributed by atoms with Crippen molar-refractivity contribution in [2.45, 2.75) is 19.4 Å². The highest BCUT2D eigenvalue weighted by Crippen LogP contribution is 2.06. The van der Waals surface area contributed by atoms with E-state index in [4.69, 9.17) is 5.73 Å². The number of nitrogens with one attached hydrogen (secondary N) is 1. The van der Waals surface area contributed by atoms with Gasteiger partial charge in [-0.25, -0.2) is 4.63 Å². The Bertz CT molecular complexity index is 386. The molecule has 0 aromatic carbocycles. The van der Waals surface area contributed by atoms with Gasteiger partial charge in [0.2, 0.25) is 5.91 Å². The lowest BCUT2D eigenvalue weighted by atomic mass is 10.1. The minimum absolute atomic E-state index is 0.0334. The van der Waals surface area contributed by atoms with Crippen molar-refractivity contribution >= 4 is 5.91 Å². The van der Waals surface area contributed by atoms with E-state index in [0.29, 0.717) is 30.9 Å². The fraction of sp³-hybridized carbons (Fsp3) is 0.700. The van der Waals surface area contributed by atoms with Gasteiger partial charge in [0.1, 0.15) is 11.4 Å². The molecule has 1 amide bonds. The number of hydrogen-bond acceptors (Lipinski definition) is 6. The summed E-state index contributed by atoms with van der Waals surface area (Å²) in [7, 11) is 0. The molecular formula is C10H17N5O2. The zero-order chi connectivity index (χ0) is 12.3. The average molecular weight is 239 g/mol. The largest absolute Gasteiger partial charge is 0.339 e. The van der Waals surface area contributed by atoms with E-state index >= 15 is 0 Å². The van der Waals surface area contributed by atoms with Crippen molar-refractivity contribution in [3.63, 3.8) is 0 Å². The first-order valence-corrected chi connectivity index (χ1v) is 5.71. The Labute approximate surface area is 99.3 Å². The number of amides is 1. The Morgan fingerprint density at radius 2 is 2.24 bits per heavy atom. The Kier molecular flexibility index (Phi) is 3.70. The molecule has 1 saturated heterocycles. The second-order valence-corrected chi connectivity index (χ2v) is 4.18. The third-order valence-electron chi connectivity index (χ3n) is 2.91. The van der Waals surface area contributed by atoms with E-state index in [1.165, 1.54) is 0 Å². The van der Waals surface area contributed by atoms with E-state index in [1.807, 2.05) is 0 Å². The minimum atomic E-state index is -0.571. The van der Waals surface area contributed by atoms with Gasteiger partial charge in [0.25, 0.3) is 0 Å². The van der Waals surface area contributed by atoms with E-state index in [0.717, 1.165) is 13.1 Å². The summed E-state index contributed by atoms with van der Waals surface area (Å²) in [6, 6.07) is -0.571. The van der Waals surface area contributed by atoms with Crippen LogP contribution in [-0.4, -0.2) is 53.3 Å². The van der Waals surface area contributed by atoms with Crippen molar-refractivity contribution in [1.29, 1.82) is 0 Å². The fourth-order valence-corrected chi connectivity index (χ4v) is 1.85. The summed E-state index contributed by atoms with van der Waals surface area (Å²) in [6.45, 7) is 4.85. The Morgan fingerprint density at radius 1 is 1.53 bits per heavy atom. The number of rotatable bonds is 3. The molecule has 1 atom stereocenters. The van der Waals surface area contributed by atoms with E-state index in [9.17, 15) is 4.79 Å². The molecule has 2 rings (SSSR count). The molecule has 1 unspecified atom stereocenters. The molecule has 0 aliphatic carbocycles. The summed E-state index contributed by atoms with van der Waals surface area (Å²) in [4.78, 5) is 13.8. The first kappa shape index (κ1) is 12.0. The third kappa shape index (κ3) is 2.80. The van der Waals surface area contributed by atoms with Gasteiger partial charge in [0.05, 0.1) is 6.04 Å². The number of aromatic nitrogens is 2. The summed E-state index contributed by atoms with van der Waals surface area (Å²) >= 11 is 0. The molecule has 1 aliphatic rings. The lowest BCUT2D eigenvalue weighted by Crippen LogP contribution is -2.52. The average Bonchev–Trinajstić information content (AvgIpc) is 2.75. The highest BCUT2D eigenvalue weighted by Gasteiger charge is 2.24. The predicted molar refractivity (Wildman–Crippen MR) is 60.2 cm³/mol. The number of piperazine rings is 1. The number of carbonyl (C=O) groups is 1. The van der Waals surface area contributed by atoms with Crippen LogP contribution in [0.2, 0.25) is 0 Å². The smallest absolute Gasteiger partial charge is 0.239 e. The van der Waals surface area contributed by atoms with Crippen LogP contribution in [0.15, 0.2) is 4.63 Å². The van der Waals surface area contributed by atoms with Gasteiger partial charge in [-0.15, -0.1) is 0 Å². The van der Waals surface area contributed by atoms with Crippen LogP contribution < -0.4 is 11.1 Å². The molecule has 2 heterocycles. The summed E-state index contributed by atoms with van der Waals surface area (Å²) in [6.07, 6.45) is 0.373. The van der Waals surface area contributed by atoms with Gasteiger partial charge in [0.15, 0.2) is 0 Å². The predicted octanol–water partition coefficient (Wildman–Crippen LogP) is -1.32. The van der Waals surface area contributed by atoms with Crippen molar-refractivity contribution in [1.82, 2.24) is 20.5 Å². The Hall–Kier alpha value is -1.47. The van der Waals surface area contributed by atoms with E-state index in [2.05, 4.69) is 20.3 Å². The maximum Gasteiger partial charge on any atom is 0.239 e. The summed E-state index contributed by atoms with van der Waals surface area (Å²) in [5, 5.41) is 10.6. The van der Waals surface area contributed by atoms with Crippen LogP contribution in [0.4, 0.5) is 0 Å². The molecule has 1 aromatic heterocycles. The van der Waals surface area contributed by atoms with Crippen LogP contribution in [0.25, 0.3) is 0 Å². The molecule has 94 valence electrons. The third-order valence-corrected chi connectivity index (χ3v) is 2.91. The van der Waals surface area contributed by atoms with Crippen LogP contribution in [0, 0.1) is 6.92 Å². The molecule has 0 radical (unpaired) electrons. The highest BCUT2D eigenvalue weighted by molar-refractivity contribution is 5.82. The number of nitrogens with two attached hydrogens (primary N) is 1. The maximum atomic E-state index is 12.0. The van der Waals surface area contributed by atoms with Gasteiger partial charge < -0.3 is 16.0 Å². The fourth-order valence-electron chi connectivity index (χ4n) is 1.85. The Balaban J connectivity index is 1.93. The quantitative estimate of drug-likeness (QED) is 0.679. The normalized spacial score (nSPS) is 18.1. The van der Waals surface area contributed by atoms with Crippen molar-refractivity contribution < 1.29 is 9.42 Å². The zero-order valence-corrected chi connectivity index (χ0v) is 9.85. The van der Waals surface area contributed by atoms with Gasteiger partial charge in [-0.2, -0.15) is 0 Å². The number of aryl methyl sites for hydroxylation is 1. The van der Waals surface area contributed by atoms with Gasteiger partial charge in [-0.3, -0.25) is 4.79 Å². The Morgan fingerprint density at radius 3 is 2.82 bits per heavy atom. The van der Waals surface area contributed by atoms with E-state index in [1.54, 1.807) is 11.8 Å². The molecule has 0 saturated carbocycles. The number of carbonyl (C=O) groups excluding carboxylic acids is 1. The molecule has 1 fully saturated rings. The number of nitrogens with zero attached hydrogens (tertiary/aromatic N) is 3. The molecule has 0 spiro atoms. The SMILES string of the molecule is Cc1nonc1CC(N)C(=O)N1CCNCC1. The second-order valence-electron chi connectivity index (χ2n) is 4.18. The van der Waals surface area contributed by atoms with Crippen molar-refractivity contribution in [3.05, 3.63) is 11.4 Å². The van der Waals surface area contributed by atoms with Crippen molar-refractivity contribution in [3.8, 4) is 0 Å². The van der Waals surface area contributed by atoms with Crippen molar-refractivity contribution in [2.75, 3.05) is 26.2 Å². The topological polar surface area (TPSA) is 97.3 Å². The van der Waals surface area contributed by atoms with Crippen molar-refractivity contribution in [2.24, 2.45) is 5.73 Å². The van der Waals surface area contributed by atoms with Crippen LogP contribution in [-0.2, 0) is 11.2 Å². The molecule has 7 nitrogen and oxygen atoms in total. The van der Waals surface area contributed by atoms with Gasteiger partial charge >= 0.3 is 0 Å². The molecule has 1 aliphatic heterocycles. The molecule has 17 heavy (non-hydrogen) atoms. The second kappa shape index (κ2) is 5.24. The van der Waals surface area contributed by atoms with Gasteiger partial charge in [-0.05, 0) is 6.92 Å². The summed E-state index contributed by atoms with van der Waals surface area (Å²) in [5.41, 5.74) is 7.23.